The van der Waals surface area contributed by atoms with Gasteiger partial charge in [0.05, 0.1) is 0 Å². The fourth-order valence-corrected chi connectivity index (χ4v) is 3.05. The van der Waals surface area contributed by atoms with Crippen molar-refractivity contribution in [3.05, 3.63) is 65.9 Å². The molecule has 1 aliphatic rings. The van der Waals surface area contributed by atoms with E-state index in [0.717, 1.165) is 43.4 Å². The van der Waals surface area contributed by atoms with Crippen LogP contribution in [0.3, 0.4) is 0 Å². The first-order valence-corrected chi connectivity index (χ1v) is 8.43. The Morgan fingerprint density at radius 2 is 1.83 bits per heavy atom. The van der Waals surface area contributed by atoms with E-state index in [0.29, 0.717) is 0 Å². The van der Waals surface area contributed by atoms with Crippen molar-refractivity contribution in [2.75, 3.05) is 6.61 Å². The van der Waals surface area contributed by atoms with Crippen molar-refractivity contribution < 1.29 is 5.11 Å². The molecule has 0 aromatic heterocycles. The lowest BCUT2D eigenvalue weighted by Gasteiger charge is -2.36. The Kier molecular flexibility index (Phi) is 6.63. The van der Waals surface area contributed by atoms with Gasteiger partial charge < -0.3 is 16.6 Å². The zero-order valence-electron chi connectivity index (χ0n) is 13.7. The molecule has 0 bridgehead atoms. The number of benzene rings is 1. The summed E-state index contributed by atoms with van der Waals surface area (Å²) in [7, 11) is 0. The monoisotopic (exact) mass is 312 g/mol. The third-order valence-electron chi connectivity index (χ3n) is 4.43. The molecule has 124 valence electrons. The Morgan fingerprint density at radius 1 is 1.09 bits per heavy atom. The minimum absolute atomic E-state index is 0.0190. The Balaban J connectivity index is 2.02. The maximum absolute atomic E-state index is 8.85. The number of aliphatic hydroxyl groups excluding tert-OH is 1. The molecule has 0 fully saturated rings. The van der Waals surface area contributed by atoms with Gasteiger partial charge in [0.1, 0.15) is 0 Å². The summed E-state index contributed by atoms with van der Waals surface area (Å²) in [4.78, 5) is 0. The molecule has 3 nitrogen and oxygen atoms in total. The summed E-state index contributed by atoms with van der Waals surface area (Å²) in [5.41, 5.74) is 14.4. The van der Waals surface area contributed by atoms with Crippen LogP contribution in [0.1, 0.15) is 37.7 Å². The molecule has 1 aromatic rings. The van der Waals surface area contributed by atoms with Gasteiger partial charge in [-0.3, -0.25) is 0 Å². The van der Waals surface area contributed by atoms with E-state index in [1.165, 1.54) is 0 Å². The lowest BCUT2D eigenvalue weighted by molar-refractivity contribution is 0.280. The molecule has 1 aliphatic carbocycles. The van der Waals surface area contributed by atoms with E-state index in [1.54, 1.807) is 0 Å². The summed E-state index contributed by atoms with van der Waals surface area (Å²) < 4.78 is 0. The highest BCUT2D eigenvalue weighted by Crippen LogP contribution is 2.32. The van der Waals surface area contributed by atoms with E-state index < -0.39 is 5.54 Å². The molecule has 0 amide bonds. The van der Waals surface area contributed by atoms with Gasteiger partial charge in [0.25, 0.3) is 0 Å². The van der Waals surface area contributed by atoms with Gasteiger partial charge in [-0.05, 0) is 24.5 Å². The van der Waals surface area contributed by atoms with E-state index in [9.17, 15) is 0 Å². The average Bonchev–Trinajstić information content (AvgIpc) is 2.55. The molecule has 0 saturated carbocycles. The largest absolute Gasteiger partial charge is 0.401 e. The number of nitrogens with two attached hydrogens (primary N) is 2. The summed E-state index contributed by atoms with van der Waals surface area (Å²) >= 11 is 0. The smallest absolute Gasteiger partial charge is 0.0461 e. The summed E-state index contributed by atoms with van der Waals surface area (Å²) in [6.45, 7) is 0.270. The second-order valence-electron chi connectivity index (χ2n) is 6.27. The third kappa shape index (κ3) is 5.08. The van der Waals surface area contributed by atoms with Crippen LogP contribution in [0, 0.1) is 5.92 Å². The maximum atomic E-state index is 8.85. The van der Waals surface area contributed by atoms with Gasteiger partial charge in [-0.15, -0.1) is 0 Å². The van der Waals surface area contributed by atoms with Gasteiger partial charge in [-0.1, -0.05) is 73.9 Å². The second-order valence-corrected chi connectivity index (χ2v) is 6.27. The molecule has 0 aliphatic heterocycles. The molecule has 0 heterocycles. The number of hydrogen-bond donors (Lipinski definition) is 3. The second kappa shape index (κ2) is 8.70. The number of unbranched alkanes of at least 4 members (excludes halogenated alkanes) is 3. The van der Waals surface area contributed by atoms with E-state index >= 15 is 0 Å². The average molecular weight is 312 g/mol. The van der Waals surface area contributed by atoms with Crippen LogP contribution in [-0.2, 0) is 0 Å². The van der Waals surface area contributed by atoms with E-state index in [-0.39, 0.29) is 12.5 Å². The highest BCUT2D eigenvalue weighted by molar-refractivity contribution is 5.51. The van der Waals surface area contributed by atoms with Gasteiger partial charge in [-0.2, -0.15) is 0 Å². The molecule has 1 aromatic carbocycles. The predicted octanol–water partition coefficient (Wildman–Crippen LogP) is 3.37. The fourth-order valence-electron chi connectivity index (χ4n) is 3.05. The quantitative estimate of drug-likeness (QED) is 0.644. The molecule has 0 spiro atoms. The van der Waals surface area contributed by atoms with Gasteiger partial charge in [0.15, 0.2) is 0 Å². The molecule has 23 heavy (non-hydrogen) atoms. The predicted molar refractivity (Wildman–Crippen MR) is 97.5 cm³/mol. The van der Waals surface area contributed by atoms with Crippen molar-refractivity contribution in [2.45, 2.75) is 37.6 Å². The van der Waals surface area contributed by atoms with Gasteiger partial charge in [0.2, 0.25) is 0 Å². The Morgan fingerprint density at radius 3 is 2.57 bits per heavy atom. The number of hydrogen-bond acceptors (Lipinski definition) is 3. The van der Waals surface area contributed by atoms with Crippen LogP contribution < -0.4 is 11.5 Å². The molecule has 0 saturated heterocycles. The van der Waals surface area contributed by atoms with Crippen molar-refractivity contribution in [1.82, 2.24) is 0 Å². The van der Waals surface area contributed by atoms with Crippen LogP contribution in [-0.4, -0.2) is 17.3 Å². The topological polar surface area (TPSA) is 72.3 Å². The SMILES string of the molecule is NC1=CC=CC(N)(CCCCCCO)C1C=Cc1ccccc1. The molecule has 0 radical (unpaired) electrons. The standard InChI is InChI=1S/C20H28N2O/c21-19-11-8-15-20(22,14-6-1-2-7-16-23)18(19)13-12-17-9-4-3-5-10-17/h3-5,8-13,15,18,23H,1-2,6-7,14,16,21-22H2. The summed E-state index contributed by atoms with van der Waals surface area (Å²) in [6.07, 6.45) is 15.2. The third-order valence-corrected chi connectivity index (χ3v) is 4.43. The normalized spacial score (nSPS) is 24.1. The van der Waals surface area contributed by atoms with E-state index in [4.69, 9.17) is 16.6 Å². The van der Waals surface area contributed by atoms with E-state index in [1.807, 2.05) is 30.4 Å². The Labute approximate surface area is 139 Å². The first-order valence-electron chi connectivity index (χ1n) is 8.43. The molecule has 5 N–H and O–H groups in total. The minimum atomic E-state index is -0.427. The van der Waals surface area contributed by atoms with Crippen LogP contribution in [0.15, 0.2) is 60.3 Å². The summed E-state index contributed by atoms with van der Waals surface area (Å²) in [5, 5.41) is 8.85. The number of rotatable bonds is 8. The maximum Gasteiger partial charge on any atom is 0.0461 e. The van der Waals surface area contributed by atoms with Gasteiger partial charge >= 0.3 is 0 Å². The van der Waals surface area contributed by atoms with Crippen molar-refractivity contribution >= 4 is 6.08 Å². The van der Waals surface area contributed by atoms with Crippen molar-refractivity contribution in [1.29, 1.82) is 0 Å². The lowest BCUT2D eigenvalue weighted by Crippen LogP contribution is -2.47. The van der Waals surface area contributed by atoms with E-state index in [2.05, 4.69) is 30.4 Å². The summed E-state index contributed by atoms with van der Waals surface area (Å²) in [6, 6.07) is 10.2. The Bertz CT molecular complexity index is 562. The fraction of sp³-hybridized carbons (Fsp3) is 0.400. The Hall–Kier alpha value is -1.84. The van der Waals surface area contributed by atoms with Crippen LogP contribution in [0.2, 0.25) is 0 Å². The van der Waals surface area contributed by atoms with Crippen molar-refractivity contribution in [2.24, 2.45) is 17.4 Å². The van der Waals surface area contributed by atoms with Crippen LogP contribution >= 0.6 is 0 Å². The molecule has 3 heteroatoms. The molecular weight excluding hydrogens is 284 g/mol. The molecule has 2 unspecified atom stereocenters. The first kappa shape index (κ1) is 17.5. The highest BCUT2D eigenvalue weighted by atomic mass is 16.2. The minimum Gasteiger partial charge on any atom is -0.401 e. The number of allylic oxidation sites excluding steroid dienone is 2. The molecule has 2 atom stereocenters. The lowest BCUT2D eigenvalue weighted by atomic mass is 9.75. The van der Waals surface area contributed by atoms with Crippen LogP contribution in [0.25, 0.3) is 6.08 Å². The molecule has 2 rings (SSSR count). The van der Waals surface area contributed by atoms with Crippen LogP contribution in [0.4, 0.5) is 0 Å². The highest BCUT2D eigenvalue weighted by Gasteiger charge is 2.33. The zero-order valence-corrected chi connectivity index (χ0v) is 13.7. The summed E-state index contributed by atoms with van der Waals surface area (Å²) in [5.74, 6) is 0.0190. The van der Waals surface area contributed by atoms with Crippen molar-refractivity contribution in [3.63, 3.8) is 0 Å². The number of aliphatic hydroxyl groups is 1. The first-order chi connectivity index (χ1) is 11.2. The van der Waals surface area contributed by atoms with Crippen LogP contribution in [0.5, 0.6) is 0 Å². The van der Waals surface area contributed by atoms with Crippen molar-refractivity contribution in [3.8, 4) is 0 Å². The molecular formula is C20H28N2O. The van der Waals surface area contributed by atoms with Gasteiger partial charge in [0, 0.05) is 23.8 Å². The van der Waals surface area contributed by atoms with Gasteiger partial charge in [-0.25, -0.2) is 0 Å². The zero-order chi connectivity index (χ0) is 16.5.